The van der Waals surface area contributed by atoms with Crippen LogP contribution >= 0.6 is 0 Å². The third kappa shape index (κ3) is 7.29. The van der Waals surface area contributed by atoms with Gasteiger partial charge in [-0.1, -0.05) is 58.0 Å². The second kappa shape index (κ2) is 12.7. The highest BCUT2D eigenvalue weighted by Gasteiger charge is 2.15. The molecule has 1 aliphatic rings. The lowest BCUT2D eigenvalue weighted by Crippen LogP contribution is -2.46. The van der Waals surface area contributed by atoms with Gasteiger partial charge in [0.05, 0.1) is 0 Å². The summed E-state index contributed by atoms with van der Waals surface area (Å²) in [5, 5.41) is 3.25. The number of nitrogens with zero attached hydrogens (tertiary/aromatic N) is 1. The van der Waals surface area contributed by atoms with Gasteiger partial charge in [-0.05, 0) is 12.0 Å². The smallest absolute Gasteiger partial charge is 0.222 e. The van der Waals surface area contributed by atoms with Crippen molar-refractivity contribution in [2.24, 2.45) is 0 Å². The molecule has 114 valence electrons. The maximum Gasteiger partial charge on any atom is 0.222 e. The van der Waals surface area contributed by atoms with Crippen molar-refractivity contribution < 1.29 is 4.79 Å². The molecule has 1 N–H and O–H groups in total. The van der Waals surface area contributed by atoms with E-state index < -0.39 is 0 Å². The van der Waals surface area contributed by atoms with Crippen molar-refractivity contribution in [1.82, 2.24) is 10.2 Å². The molecule has 1 aromatic carbocycles. The number of amides is 1. The molecule has 1 aliphatic heterocycles. The minimum Gasteiger partial charge on any atom is -0.340 e. The largest absolute Gasteiger partial charge is 0.340 e. The van der Waals surface area contributed by atoms with Gasteiger partial charge in [-0.15, -0.1) is 0 Å². The number of piperazine rings is 1. The Kier molecular flexibility index (Phi) is 11.8. The van der Waals surface area contributed by atoms with Crippen LogP contribution in [0, 0.1) is 0 Å². The highest BCUT2D eigenvalue weighted by molar-refractivity contribution is 5.76. The van der Waals surface area contributed by atoms with Crippen molar-refractivity contribution >= 4 is 5.91 Å². The Morgan fingerprint density at radius 1 is 1.05 bits per heavy atom. The normalized spacial score (nSPS) is 13.5. The second-order valence-corrected chi connectivity index (χ2v) is 4.12. The standard InChI is InChI=1S/C13H18N2O.2C2H6/c16-13(15-10-8-14-9-11-15)7-6-12-4-2-1-3-5-12;2*1-2/h1-5,14H,6-11H2;2*1-2H3. The number of hydrogen-bond acceptors (Lipinski definition) is 2. The number of benzene rings is 1. The number of hydrogen-bond donors (Lipinski definition) is 1. The third-order valence-electron chi connectivity index (χ3n) is 2.94. The van der Waals surface area contributed by atoms with Crippen molar-refractivity contribution in [2.75, 3.05) is 26.2 Å². The van der Waals surface area contributed by atoms with Crippen LogP contribution in [0.1, 0.15) is 39.7 Å². The Balaban J connectivity index is 0.000000829. The molecule has 0 saturated carbocycles. The molecule has 0 atom stereocenters. The SMILES string of the molecule is CC.CC.O=C(CCc1ccccc1)N1CCNCC1. The average molecular weight is 278 g/mol. The minimum absolute atomic E-state index is 0.283. The fourth-order valence-electron chi connectivity index (χ4n) is 1.97. The van der Waals surface area contributed by atoms with Crippen molar-refractivity contribution in [3.63, 3.8) is 0 Å². The van der Waals surface area contributed by atoms with Gasteiger partial charge in [0.2, 0.25) is 5.91 Å². The van der Waals surface area contributed by atoms with Crippen LogP contribution in [0.5, 0.6) is 0 Å². The number of aryl methyl sites for hydroxylation is 1. The molecule has 3 heteroatoms. The summed E-state index contributed by atoms with van der Waals surface area (Å²) in [6.07, 6.45) is 1.48. The first-order valence-electron chi connectivity index (χ1n) is 7.89. The van der Waals surface area contributed by atoms with E-state index in [-0.39, 0.29) is 5.91 Å². The molecule has 0 unspecified atom stereocenters. The van der Waals surface area contributed by atoms with E-state index in [1.165, 1.54) is 5.56 Å². The predicted octanol–water partition coefficient (Wildman–Crippen LogP) is 3.10. The molecule has 0 aliphatic carbocycles. The van der Waals surface area contributed by atoms with E-state index in [9.17, 15) is 4.79 Å². The van der Waals surface area contributed by atoms with E-state index in [4.69, 9.17) is 0 Å². The zero-order valence-corrected chi connectivity index (χ0v) is 13.5. The number of carbonyl (C=O) groups excluding carboxylic acids is 1. The molecule has 1 heterocycles. The van der Waals surface area contributed by atoms with Gasteiger partial charge in [0.1, 0.15) is 0 Å². The molecule has 0 spiro atoms. The lowest BCUT2D eigenvalue weighted by Gasteiger charge is -2.27. The first-order chi connectivity index (χ1) is 9.86. The molecule has 1 aromatic rings. The van der Waals surface area contributed by atoms with Gasteiger partial charge in [0.25, 0.3) is 0 Å². The molecule has 0 radical (unpaired) electrons. The maximum atomic E-state index is 11.9. The van der Waals surface area contributed by atoms with Gasteiger partial charge in [0, 0.05) is 32.6 Å². The van der Waals surface area contributed by atoms with E-state index in [0.717, 1.165) is 32.6 Å². The summed E-state index contributed by atoms with van der Waals surface area (Å²) in [5.74, 6) is 0.283. The summed E-state index contributed by atoms with van der Waals surface area (Å²) in [7, 11) is 0. The lowest BCUT2D eigenvalue weighted by atomic mass is 10.1. The highest BCUT2D eigenvalue weighted by atomic mass is 16.2. The van der Waals surface area contributed by atoms with Crippen molar-refractivity contribution in [3.8, 4) is 0 Å². The van der Waals surface area contributed by atoms with Gasteiger partial charge in [-0.25, -0.2) is 0 Å². The topological polar surface area (TPSA) is 32.3 Å². The summed E-state index contributed by atoms with van der Waals surface area (Å²) >= 11 is 0. The number of rotatable bonds is 3. The van der Waals surface area contributed by atoms with Crippen LogP contribution in [0.4, 0.5) is 0 Å². The third-order valence-corrected chi connectivity index (χ3v) is 2.94. The molecule has 1 fully saturated rings. The molecule has 3 nitrogen and oxygen atoms in total. The Morgan fingerprint density at radius 2 is 1.60 bits per heavy atom. The fourth-order valence-corrected chi connectivity index (χ4v) is 1.97. The second-order valence-electron chi connectivity index (χ2n) is 4.12. The van der Waals surface area contributed by atoms with E-state index in [0.29, 0.717) is 6.42 Å². The average Bonchev–Trinajstić information content (AvgIpc) is 2.58. The molecule has 1 saturated heterocycles. The summed E-state index contributed by atoms with van der Waals surface area (Å²) in [6.45, 7) is 11.6. The molecule has 2 rings (SSSR count). The van der Waals surface area contributed by atoms with Gasteiger partial charge in [-0.3, -0.25) is 4.79 Å². The summed E-state index contributed by atoms with van der Waals surface area (Å²) < 4.78 is 0. The van der Waals surface area contributed by atoms with E-state index >= 15 is 0 Å². The number of nitrogens with one attached hydrogen (secondary N) is 1. The summed E-state index contributed by atoms with van der Waals surface area (Å²) in [4.78, 5) is 13.8. The lowest BCUT2D eigenvalue weighted by molar-refractivity contribution is -0.131. The van der Waals surface area contributed by atoms with Gasteiger partial charge >= 0.3 is 0 Å². The molecule has 20 heavy (non-hydrogen) atoms. The Hall–Kier alpha value is -1.35. The molecular weight excluding hydrogens is 248 g/mol. The molecule has 0 bridgehead atoms. The Bertz CT molecular complexity index is 332. The van der Waals surface area contributed by atoms with Crippen LogP contribution < -0.4 is 5.32 Å². The minimum atomic E-state index is 0.283. The number of carbonyl (C=O) groups is 1. The first-order valence-corrected chi connectivity index (χ1v) is 7.89. The Labute approximate surface area is 124 Å². The monoisotopic (exact) mass is 278 g/mol. The van der Waals surface area contributed by atoms with Gasteiger partial charge in [-0.2, -0.15) is 0 Å². The molecule has 1 amide bonds. The zero-order valence-electron chi connectivity index (χ0n) is 13.5. The van der Waals surface area contributed by atoms with Crippen LogP contribution in [-0.2, 0) is 11.2 Å². The highest BCUT2D eigenvalue weighted by Crippen LogP contribution is 2.05. The van der Waals surface area contributed by atoms with Crippen LogP contribution in [0.3, 0.4) is 0 Å². The van der Waals surface area contributed by atoms with Crippen molar-refractivity contribution in [2.45, 2.75) is 40.5 Å². The van der Waals surface area contributed by atoms with Crippen molar-refractivity contribution in [3.05, 3.63) is 35.9 Å². The van der Waals surface area contributed by atoms with Crippen LogP contribution in [0.2, 0.25) is 0 Å². The first kappa shape index (κ1) is 18.7. The van der Waals surface area contributed by atoms with Crippen molar-refractivity contribution in [1.29, 1.82) is 0 Å². The Morgan fingerprint density at radius 3 is 2.15 bits per heavy atom. The van der Waals surface area contributed by atoms with Gasteiger partial charge < -0.3 is 10.2 Å². The van der Waals surface area contributed by atoms with Gasteiger partial charge in [0.15, 0.2) is 0 Å². The van der Waals surface area contributed by atoms with Crippen LogP contribution in [0.25, 0.3) is 0 Å². The molecule has 0 aromatic heterocycles. The molecular formula is C17H30N2O. The fraction of sp³-hybridized carbons (Fsp3) is 0.588. The zero-order chi connectivity index (χ0) is 15.2. The van der Waals surface area contributed by atoms with E-state index in [1.54, 1.807) is 0 Å². The maximum absolute atomic E-state index is 11.9. The van der Waals surface area contributed by atoms with E-state index in [1.807, 2.05) is 50.8 Å². The van der Waals surface area contributed by atoms with Crippen LogP contribution in [0.15, 0.2) is 30.3 Å². The quantitative estimate of drug-likeness (QED) is 0.921. The summed E-state index contributed by atoms with van der Waals surface area (Å²) in [5.41, 5.74) is 1.24. The summed E-state index contributed by atoms with van der Waals surface area (Å²) in [6, 6.07) is 10.2. The predicted molar refractivity (Wildman–Crippen MR) is 86.9 cm³/mol. The van der Waals surface area contributed by atoms with E-state index in [2.05, 4.69) is 17.4 Å². The van der Waals surface area contributed by atoms with Crippen LogP contribution in [-0.4, -0.2) is 37.0 Å².